The fourth-order valence-corrected chi connectivity index (χ4v) is 5.75. The molecule has 0 atom stereocenters. The summed E-state index contributed by atoms with van der Waals surface area (Å²) < 4.78 is 23.1. The zero-order valence-electron chi connectivity index (χ0n) is 19.0. The molecule has 1 saturated carbocycles. The Balaban J connectivity index is 1.47. The molecule has 1 aliphatic heterocycles. The number of aromatic nitrogens is 4. The molecule has 2 fully saturated rings. The number of nitrogen functional groups attached to an aromatic ring is 1. The fraction of sp³-hybridized carbons (Fsp3) is 0.522. The molecule has 2 aromatic heterocycles. The summed E-state index contributed by atoms with van der Waals surface area (Å²) in [6, 6.07) is 3.94. The molecule has 0 amide bonds. The number of rotatable bonds is 4. The number of likely N-dealkylation sites (N-methyl/N-ethyl adjacent to an activating group) is 1. The van der Waals surface area contributed by atoms with Gasteiger partial charge in [-0.2, -0.15) is 0 Å². The van der Waals surface area contributed by atoms with Gasteiger partial charge in [0.15, 0.2) is 0 Å². The summed E-state index contributed by atoms with van der Waals surface area (Å²) in [5, 5.41) is 5.47. The Morgan fingerprint density at radius 3 is 2.45 bits per heavy atom. The van der Waals surface area contributed by atoms with Gasteiger partial charge in [0.2, 0.25) is 0 Å². The molecule has 2 radical (unpaired) electrons. The molecule has 10 heteroatoms. The quantitative estimate of drug-likeness (QED) is 0.533. The fourth-order valence-electron chi connectivity index (χ4n) is 5.18. The predicted molar refractivity (Wildman–Crippen MR) is 127 cm³/mol. The molecule has 0 spiro atoms. The second kappa shape index (κ2) is 9.20. The first-order chi connectivity index (χ1) is 16.0. The molecule has 5 rings (SSSR count). The van der Waals surface area contributed by atoms with Gasteiger partial charge in [0.05, 0.1) is 0 Å². The van der Waals surface area contributed by atoms with E-state index in [9.17, 15) is 0 Å². The SMILES string of the molecule is COc1cc(-c2nn(C3CCC(N4CCN(C)CC4)CC3)c3ncnc(N)c23)c(F)cc1[As]. The van der Waals surface area contributed by atoms with E-state index in [1.54, 1.807) is 13.2 Å². The first kappa shape index (κ1) is 22.6. The van der Waals surface area contributed by atoms with E-state index in [1.165, 1.54) is 12.4 Å². The van der Waals surface area contributed by atoms with Crippen LogP contribution < -0.4 is 14.8 Å². The van der Waals surface area contributed by atoms with Crippen molar-refractivity contribution >= 4 is 38.1 Å². The monoisotopic (exact) mass is 513 g/mol. The third-order valence-electron chi connectivity index (χ3n) is 7.11. The van der Waals surface area contributed by atoms with Crippen LogP contribution in [-0.2, 0) is 0 Å². The van der Waals surface area contributed by atoms with Crippen molar-refractivity contribution in [2.45, 2.75) is 37.8 Å². The van der Waals surface area contributed by atoms with Crippen LogP contribution in [0.15, 0.2) is 18.5 Å². The zero-order valence-corrected chi connectivity index (χ0v) is 20.9. The van der Waals surface area contributed by atoms with E-state index >= 15 is 4.39 Å². The first-order valence-corrected chi connectivity index (χ1v) is 12.4. The second-order valence-corrected chi connectivity index (χ2v) is 10.1. The third kappa shape index (κ3) is 4.22. The minimum absolute atomic E-state index is 0.200. The topological polar surface area (TPSA) is 85.3 Å². The average molecular weight is 513 g/mol. The normalized spacial score (nSPS) is 22.7. The van der Waals surface area contributed by atoms with Crippen molar-refractivity contribution in [3.05, 3.63) is 24.3 Å². The van der Waals surface area contributed by atoms with Gasteiger partial charge in [-0.1, -0.05) is 0 Å². The van der Waals surface area contributed by atoms with Crippen molar-refractivity contribution < 1.29 is 9.13 Å². The maximum absolute atomic E-state index is 15.0. The molecule has 2 aliphatic rings. The van der Waals surface area contributed by atoms with E-state index in [-0.39, 0.29) is 11.9 Å². The molecule has 2 N–H and O–H groups in total. The number of fused-ring (bicyclic) bond motifs is 1. The number of hydrogen-bond donors (Lipinski definition) is 1. The first-order valence-electron chi connectivity index (χ1n) is 11.4. The van der Waals surface area contributed by atoms with Gasteiger partial charge in [0, 0.05) is 26.2 Å². The predicted octanol–water partition coefficient (Wildman–Crippen LogP) is 1.75. The standard InChI is InChI=1S/C23H29AsFN7O/c1-30-7-9-31(10-8-30)14-3-5-15(6-4-14)32-23-20(22(26)27-13-28-23)21(29-32)16-11-19(33-2)17(24)12-18(16)25/h11-15H,3-10H2,1-2H3,(H2,26,27,28). The second-order valence-electron chi connectivity index (χ2n) is 9.06. The maximum atomic E-state index is 15.0. The number of anilines is 1. The van der Waals surface area contributed by atoms with Gasteiger partial charge >= 0.3 is 164 Å². The van der Waals surface area contributed by atoms with Gasteiger partial charge in [-0.15, -0.1) is 0 Å². The van der Waals surface area contributed by atoms with Crippen molar-refractivity contribution in [2.24, 2.45) is 0 Å². The molecule has 1 aromatic carbocycles. The van der Waals surface area contributed by atoms with Crippen LogP contribution in [0.25, 0.3) is 22.3 Å². The summed E-state index contributed by atoms with van der Waals surface area (Å²) in [6.45, 7) is 4.54. The van der Waals surface area contributed by atoms with Crippen LogP contribution in [0.5, 0.6) is 5.75 Å². The van der Waals surface area contributed by atoms with Gasteiger partial charge in [0.1, 0.15) is 0 Å². The Morgan fingerprint density at radius 1 is 1.06 bits per heavy atom. The van der Waals surface area contributed by atoms with Crippen LogP contribution in [-0.4, -0.2) is 92.8 Å². The van der Waals surface area contributed by atoms with Crippen LogP contribution >= 0.6 is 0 Å². The van der Waals surface area contributed by atoms with Crippen LogP contribution in [0.1, 0.15) is 31.7 Å². The number of piperazine rings is 1. The van der Waals surface area contributed by atoms with E-state index in [4.69, 9.17) is 15.6 Å². The summed E-state index contributed by atoms with van der Waals surface area (Å²) in [6.07, 6.45) is 5.72. The molecule has 3 heterocycles. The van der Waals surface area contributed by atoms with Crippen LogP contribution in [0.3, 0.4) is 0 Å². The molecule has 3 aromatic rings. The number of hydrogen-bond acceptors (Lipinski definition) is 7. The summed E-state index contributed by atoms with van der Waals surface area (Å²) in [4.78, 5) is 13.7. The minimum atomic E-state index is -0.375. The summed E-state index contributed by atoms with van der Waals surface area (Å²) >= 11 is 2.33. The number of ether oxygens (including phenoxy) is 1. The van der Waals surface area contributed by atoms with E-state index in [0.717, 1.165) is 51.9 Å². The Kier molecular flexibility index (Phi) is 6.29. The summed E-state index contributed by atoms with van der Waals surface area (Å²) in [5.74, 6) is 0.513. The van der Waals surface area contributed by atoms with E-state index < -0.39 is 0 Å². The van der Waals surface area contributed by atoms with Crippen LogP contribution in [0.4, 0.5) is 10.2 Å². The summed E-state index contributed by atoms with van der Waals surface area (Å²) in [7, 11) is 3.76. The van der Waals surface area contributed by atoms with Gasteiger partial charge in [-0.25, -0.2) is 0 Å². The van der Waals surface area contributed by atoms with E-state index in [1.807, 2.05) is 4.68 Å². The van der Waals surface area contributed by atoms with Crippen molar-refractivity contribution in [1.29, 1.82) is 0 Å². The molecule has 0 unspecified atom stereocenters. The molecular formula is C23H29AsFN7O. The van der Waals surface area contributed by atoms with Gasteiger partial charge in [-0.3, -0.25) is 0 Å². The molecule has 1 saturated heterocycles. The van der Waals surface area contributed by atoms with Crippen LogP contribution in [0, 0.1) is 5.82 Å². The summed E-state index contributed by atoms with van der Waals surface area (Å²) in [5.41, 5.74) is 7.72. The Bertz CT molecular complexity index is 1150. The number of methoxy groups -OCH3 is 1. The van der Waals surface area contributed by atoms with Crippen molar-refractivity contribution in [3.63, 3.8) is 0 Å². The van der Waals surface area contributed by atoms with Crippen molar-refractivity contribution in [2.75, 3.05) is 46.1 Å². The van der Waals surface area contributed by atoms with Gasteiger partial charge < -0.3 is 4.90 Å². The molecule has 174 valence electrons. The number of benzene rings is 1. The Hall–Kier alpha value is -2.22. The molecule has 1 aliphatic carbocycles. The number of nitrogens with zero attached hydrogens (tertiary/aromatic N) is 6. The number of halogens is 1. The Labute approximate surface area is 201 Å². The average Bonchev–Trinajstić information content (AvgIpc) is 3.21. The molecule has 8 nitrogen and oxygen atoms in total. The van der Waals surface area contributed by atoms with Gasteiger partial charge in [0.25, 0.3) is 0 Å². The van der Waals surface area contributed by atoms with Crippen molar-refractivity contribution in [1.82, 2.24) is 29.5 Å². The van der Waals surface area contributed by atoms with E-state index in [0.29, 0.717) is 44.3 Å². The molecule has 0 bridgehead atoms. The van der Waals surface area contributed by atoms with Crippen molar-refractivity contribution in [3.8, 4) is 17.0 Å². The zero-order chi connectivity index (χ0) is 23.1. The molecular weight excluding hydrogens is 484 g/mol. The number of nitrogens with two attached hydrogens (primary N) is 1. The van der Waals surface area contributed by atoms with Crippen LogP contribution in [0.2, 0.25) is 0 Å². The molecule has 33 heavy (non-hydrogen) atoms. The Morgan fingerprint density at radius 2 is 1.76 bits per heavy atom. The third-order valence-corrected chi connectivity index (χ3v) is 7.84. The van der Waals surface area contributed by atoms with E-state index in [2.05, 4.69) is 43.7 Å². The van der Waals surface area contributed by atoms with Gasteiger partial charge in [-0.05, 0) is 7.05 Å².